The number of aromatic hydroxyl groups is 1. The van der Waals surface area contributed by atoms with Gasteiger partial charge in [0, 0.05) is 29.7 Å². The maximum absolute atomic E-state index is 10.4. The fraction of sp³-hybridized carbons (Fsp3) is 0.161. The molecule has 10 heteroatoms. The van der Waals surface area contributed by atoms with Crippen molar-refractivity contribution in [2.24, 2.45) is 15.3 Å². The summed E-state index contributed by atoms with van der Waals surface area (Å²) < 4.78 is 0. The monoisotopic (exact) mass is 543 g/mol. The summed E-state index contributed by atoms with van der Waals surface area (Å²) in [6.45, 7) is 1.79. The SMILES string of the molecule is Oc1ccc(N=Nc2cccc3ccccc23)cc1/C=N/Nc1nc(Nc2ccccc2)nc(N2CCCCC2)n1. The van der Waals surface area contributed by atoms with E-state index in [1.807, 2.05) is 72.8 Å². The number of phenols is 1. The summed E-state index contributed by atoms with van der Waals surface area (Å²) in [6, 6.07) is 28.7. The number of fused-ring (bicyclic) bond motifs is 1. The first kappa shape index (κ1) is 25.9. The highest BCUT2D eigenvalue weighted by molar-refractivity contribution is 5.92. The molecule has 1 saturated heterocycles. The first-order chi connectivity index (χ1) is 20.2. The second kappa shape index (κ2) is 12.2. The number of rotatable bonds is 8. The van der Waals surface area contributed by atoms with Gasteiger partial charge in [0.25, 0.3) is 0 Å². The average Bonchev–Trinajstić information content (AvgIpc) is 3.02. The third kappa shape index (κ3) is 6.44. The Morgan fingerprint density at radius 2 is 1.54 bits per heavy atom. The van der Waals surface area contributed by atoms with Crippen LogP contribution in [0.1, 0.15) is 24.8 Å². The van der Waals surface area contributed by atoms with Gasteiger partial charge in [-0.2, -0.15) is 25.2 Å². The number of nitrogens with zero attached hydrogens (tertiary/aromatic N) is 7. The summed E-state index contributed by atoms with van der Waals surface area (Å²) >= 11 is 0. The van der Waals surface area contributed by atoms with Crippen molar-refractivity contribution < 1.29 is 5.11 Å². The van der Waals surface area contributed by atoms with Crippen molar-refractivity contribution in [3.8, 4) is 5.75 Å². The minimum atomic E-state index is 0.0655. The van der Waals surface area contributed by atoms with Crippen LogP contribution in [-0.4, -0.2) is 39.4 Å². The van der Waals surface area contributed by atoms with Crippen molar-refractivity contribution >= 4 is 51.9 Å². The Balaban J connectivity index is 1.21. The zero-order valence-corrected chi connectivity index (χ0v) is 22.4. The van der Waals surface area contributed by atoms with Crippen LogP contribution in [0, 0.1) is 0 Å². The van der Waals surface area contributed by atoms with E-state index in [0.717, 1.165) is 48.1 Å². The second-order valence-corrected chi connectivity index (χ2v) is 9.63. The molecule has 6 rings (SSSR count). The Hall–Kier alpha value is -5.38. The molecule has 0 bridgehead atoms. The lowest BCUT2D eigenvalue weighted by Crippen LogP contribution is -2.31. The van der Waals surface area contributed by atoms with Crippen molar-refractivity contribution in [2.45, 2.75) is 19.3 Å². The van der Waals surface area contributed by atoms with Gasteiger partial charge in [0.15, 0.2) is 0 Å². The predicted molar refractivity (Wildman–Crippen MR) is 163 cm³/mol. The minimum Gasteiger partial charge on any atom is -0.507 e. The van der Waals surface area contributed by atoms with Crippen molar-refractivity contribution in [3.05, 3.63) is 96.6 Å². The summed E-state index contributed by atoms with van der Waals surface area (Å²) in [7, 11) is 0. The number of phenolic OH excluding ortho intramolecular Hbond substituents is 1. The van der Waals surface area contributed by atoms with E-state index >= 15 is 0 Å². The average molecular weight is 544 g/mol. The van der Waals surface area contributed by atoms with E-state index in [1.54, 1.807) is 18.2 Å². The molecule has 4 aromatic carbocycles. The highest BCUT2D eigenvalue weighted by atomic mass is 16.3. The molecule has 0 atom stereocenters. The first-order valence-electron chi connectivity index (χ1n) is 13.6. The highest BCUT2D eigenvalue weighted by Crippen LogP contribution is 2.29. The van der Waals surface area contributed by atoms with Gasteiger partial charge in [-0.1, -0.05) is 54.6 Å². The van der Waals surface area contributed by atoms with Gasteiger partial charge in [-0.25, -0.2) is 5.43 Å². The van der Waals surface area contributed by atoms with Crippen molar-refractivity contribution in [3.63, 3.8) is 0 Å². The van der Waals surface area contributed by atoms with Crippen LogP contribution in [-0.2, 0) is 0 Å². The van der Waals surface area contributed by atoms with E-state index < -0.39 is 0 Å². The standard InChI is InChI=1S/C31H29N9O/c41-28-17-16-25(37-38-27-15-9-11-22-10-5-6-14-26(22)27)20-23(28)21-32-39-30-34-29(33-24-12-3-1-4-13-24)35-31(36-30)40-18-7-2-8-19-40/h1,3-6,9-17,20-21,41H,2,7-8,18-19H2,(H2,33,34,35,36,39)/b32-21+,38-37?. The van der Waals surface area contributed by atoms with Gasteiger partial charge in [-0.05, 0) is 61.0 Å². The number of anilines is 4. The number of piperidine rings is 1. The van der Waals surface area contributed by atoms with E-state index in [4.69, 9.17) is 0 Å². The molecule has 2 heterocycles. The number of azo groups is 1. The van der Waals surface area contributed by atoms with Crippen LogP contribution in [0.3, 0.4) is 0 Å². The van der Waals surface area contributed by atoms with E-state index in [1.165, 1.54) is 12.6 Å². The highest BCUT2D eigenvalue weighted by Gasteiger charge is 2.16. The summed E-state index contributed by atoms with van der Waals surface area (Å²) in [5, 5.41) is 28.9. The Kier molecular flexibility index (Phi) is 7.70. The lowest BCUT2D eigenvalue weighted by molar-refractivity contribution is 0.474. The minimum absolute atomic E-state index is 0.0655. The van der Waals surface area contributed by atoms with Crippen LogP contribution < -0.4 is 15.6 Å². The Labute approximate surface area is 237 Å². The van der Waals surface area contributed by atoms with Crippen molar-refractivity contribution in [1.82, 2.24) is 15.0 Å². The maximum Gasteiger partial charge on any atom is 0.250 e. The quantitative estimate of drug-likeness (QED) is 0.106. The van der Waals surface area contributed by atoms with E-state index in [-0.39, 0.29) is 5.75 Å². The summed E-state index contributed by atoms with van der Waals surface area (Å²) in [5.41, 5.74) is 5.60. The van der Waals surface area contributed by atoms with Crippen LogP contribution in [0.4, 0.5) is 34.9 Å². The third-order valence-corrected chi connectivity index (χ3v) is 6.71. The molecule has 1 aromatic heterocycles. The number of hydrogen-bond acceptors (Lipinski definition) is 10. The van der Waals surface area contributed by atoms with Crippen LogP contribution in [0.15, 0.2) is 106 Å². The molecule has 0 unspecified atom stereocenters. The lowest BCUT2D eigenvalue weighted by Gasteiger charge is -2.26. The number of para-hydroxylation sites is 1. The number of aromatic nitrogens is 3. The van der Waals surface area contributed by atoms with Gasteiger partial charge < -0.3 is 15.3 Å². The van der Waals surface area contributed by atoms with E-state index in [2.05, 4.69) is 45.9 Å². The largest absolute Gasteiger partial charge is 0.507 e. The number of hydrazone groups is 1. The normalized spacial score (nSPS) is 13.7. The van der Waals surface area contributed by atoms with Gasteiger partial charge in [-0.3, -0.25) is 0 Å². The van der Waals surface area contributed by atoms with Crippen LogP contribution in [0.25, 0.3) is 10.8 Å². The molecule has 1 fully saturated rings. The lowest BCUT2D eigenvalue weighted by atomic mass is 10.1. The topological polar surface area (TPSA) is 123 Å². The van der Waals surface area contributed by atoms with E-state index in [0.29, 0.717) is 29.1 Å². The molecule has 0 amide bonds. The molecule has 204 valence electrons. The van der Waals surface area contributed by atoms with Crippen molar-refractivity contribution in [2.75, 3.05) is 28.7 Å². The van der Waals surface area contributed by atoms with Crippen molar-refractivity contribution in [1.29, 1.82) is 0 Å². The third-order valence-electron chi connectivity index (χ3n) is 6.71. The smallest absolute Gasteiger partial charge is 0.250 e. The fourth-order valence-corrected chi connectivity index (χ4v) is 4.63. The molecule has 10 nitrogen and oxygen atoms in total. The zero-order chi connectivity index (χ0) is 27.9. The molecule has 0 spiro atoms. The molecule has 5 aromatic rings. The maximum atomic E-state index is 10.4. The van der Waals surface area contributed by atoms with Crippen LogP contribution in [0.5, 0.6) is 5.75 Å². The van der Waals surface area contributed by atoms with Gasteiger partial charge in [-0.15, -0.1) is 5.11 Å². The van der Waals surface area contributed by atoms with Crippen LogP contribution >= 0.6 is 0 Å². The summed E-state index contributed by atoms with van der Waals surface area (Å²) in [4.78, 5) is 15.9. The number of benzene rings is 4. The molecule has 0 aliphatic carbocycles. The molecule has 1 aliphatic rings. The molecule has 41 heavy (non-hydrogen) atoms. The van der Waals surface area contributed by atoms with Gasteiger partial charge >= 0.3 is 0 Å². The van der Waals surface area contributed by atoms with Gasteiger partial charge in [0.05, 0.1) is 17.6 Å². The van der Waals surface area contributed by atoms with Gasteiger partial charge in [0.2, 0.25) is 17.8 Å². The van der Waals surface area contributed by atoms with Crippen LogP contribution in [0.2, 0.25) is 0 Å². The Morgan fingerprint density at radius 3 is 2.41 bits per heavy atom. The fourth-order valence-electron chi connectivity index (χ4n) is 4.63. The Morgan fingerprint density at radius 1 is 0.756 bits per heavy atom. The van der Waals surface area contributed by atoms with Gasteiger partial charge in [0.1, 0.15) is 5.75 Å². The zero-order valence-electron chi connectivity index (χ0n) is 22.4. The molecule has 0 saturated carbocycles. The molecule has 0 radical (unpaired) electrons. The van der Waals surface area contributed by atoms with E-state index in [9.17, 15) is 5.11 Å². The number of hydrogen-bond donors (Lipinski definition) is 3. The summed E-state index contributed by atoms with van der Waals surface area (Å²) in [5.74, 6) is 1.37. The predicted octanol–water partition coefficient (Wildman–Crippen LogP) is 7.33. The second-order valence-electron chi connectivity index (χ2n) is 9.63. The molecular weight excluding hydrogens is 514 g/mol. The molecule has 1 aliphatic heterocycles. The Bertz CT molecular complexity index is 1690. The first-order valence-corrected chi connectivity index (χ1v) is 13.6. The molecular formula is C31H29N9O. The summed E-state index contributed by atoms with van der Waals surface area (Å²) in [6.07, 6.45) is 4.90. The molecule has 3 N–H and O–H groups in total. The number of nitrogens with one attached hydrogen (secondary N) is 2.